The Morgan fingerprint density at radius 2 is 2.00 bits per heavy atom. The lowest BCUT2D eigenvalue weighted by Gasteiger charge is -2.26. The first-order valence-electron chi connectivity index (χ1n) is 8.14. The van der Waals surface area contributed by atoms with Gasteiger partial charge in [0.05, 0.1) is 4.92 Å². The maximum absolute atomic E-state index is 11.2. The Balaban J connectivity index is 1.72. The third-order valence-corrected chi connectivity index (χ3v) is 5.13. The zero-order valence-corrected chi connectivity index (χ0v) is 12.6. The lowest BCUT2D eigenvalue weighted by molar-refractivity contribution is -0.385. The van der Waals surface area contributed by atoms with Gasteiger partial charge in [0.15, 0.2) is 0 Å². The van der Waals surface area contributed by atoms with E-state index in [1.54, 1.807) is 12.1 Å². The summed E-state index contributed by atoms with van der Waals surface area (Å²) in [7, 11) is 0. The Morgan fingerprint density at radius 3 is 2.67 bits per heavy atom. The van der Waals surface area contributed by atoms with E-state index in [2.05, 4.69) is 12.2 Å². The van der Waals surface area contributed by atoms with Crippen molar-refractivity contribution in [3.63, 3.8) is 0 Å². The maximum atomic E-state index is 11.2. The van der Waals surface area contributed by atoms with Crippen LogP contribution in [-0.4, -0.2) is 17.5 Å². The second-order valence-corrected chi connectivity index (χ2v) is 6.64. The molecule has 3 unspecified atom stereocenters. The molecule has 2 aliphatic rings. The number of fused-ring (bicyclic) bond motifs is 1. The monoisotopic (exact) mass is 288 g/mol. The van der Waals surface area contributed by atoms with Gasteiger partial charge in [-0.1, -0.05) is 25.1 Å². The van der Waals surface area contributed by atoms with Crippen LogP contribution < -0.4 is 5.32 Å². The highest BCUT2D eigenvalue weighted by atomic mass is 16.6. The van der Waals surface area contributed by atoms with Gasteiger partial charge in [-0.05, 0) is 56.4 Å². The summed E-state index contributed by atoms with van der Waals surface area (Å²) >= 11 is 0. The first kappa shape index (κ1) is 14.5. The predicted octanol–water partition coefficient (Wildman–Crippen LogP) is 3.55. The number of hydrogen-bond acceptors (Lipinski definition) is 3. The van der Waals surface area contributed by atoms with Crippen molar-refractivity contribution < 1.29 is 4.92 Å². The van der Waals surface area contributed by atoms with Crippen LogP contribution in [0.4, 0.5) is 5.69 Å². The van der Waals surface area contributed by atoms with Gasteiger partial charge in [-0.2, -0.15) is 0 Å². The summed E-state index contributed by atoms with van der Waals surface area (Å²) in [5.41, 5.74) is 1.14. The van der Waals surface area contributed by atoms with Crippen molar-refractivity contribution in [2.24, 2.45) is 17.8 Å². The van der Waals surface area contributed by atoms with E-state index >= 15 is 0 Å². The van der Waals surface area contributed by atoms with Crippen molar-refractivity contribution in [3.05, 3.63) is 39.9 Å². The molecule has 0 amide bonds. The lowest BCUT2D eigenvalue weighted by Crippen LogP contribution is -2.38. The Hall–Kier alpha value is -1.42. The number of nitro benzene ring substituents is 1. The average Bonchev–Trinajstić information content (AvgIpc) is 3.10. The fraction of sp³-hybridized carbons (Fsp3) is 0.647. The molecule has 2 aliphatic carbocycles. The highest BCUT2D eigenvalue weighted by Crippen LogP contribution is 2.55. The number of nitrogens with zero attached hydrogens (tertiary/aromatic N) is 1. The summed E-state index contributed by atoms with van der Waals surface area (Å²) in [6.45, 7) is 3.16. The fourth-order valence-electron chi connectivity index (χ4n) is 3.92. The van der Waals surface area contributed by atoms with E-state index in [9.17, 15) is 10.1 Å². The van der Waals surface area contributed by atoms with E-state index < -0.39 is 0 Å². The summed E-state index contributed by atoms with van der Waals surface area (Å²) < 4.78 is 0. The first-order chi connectivity index (χ1) is 10.2. The van der Waals surface area contributed by atoms with Crippen molar-refractivity contribution >= 4 is 5.69 Å². The zero-order valence-electron chi connectivity index (χ0n) is 12.6. The fourth-order valence-corrected chi connectivity index (χ4v) is 3.92. The van der Waals surface area contributed by atoms with Gasteiger partial charge in [-0.3, -0.25) is 10.1 Å². The van der Waals surface area contributed by atoms with Crippen molar-refractivity contribution in [1.82, 2.24) is 5.32 Å². The smallest absolute Gasteiger partial charge is 0.272 e. The molecule has 3 rings (SSSR count). The third kappa shape index (κ3) is 3.26. The molecule has 2 fully saturated rings. The lowest BCUT2D eigenvalue weighted by atomic mass is 9.89. The number of para-hydroxylation sites is 1. The molecule has 4 nitrogen and oxygen atoms in total. The molecule has 2 saturated carbocycles. The van der Waals surface area contributed by atoms with Crippen LogP contribution >= 0.6 is 0 Å². The minimum Gasteiger partial charge on any atom is -0.313 e. The molecule has 3 atom stereocenters. The largest absolute Gasteiger partial charge is 0.313 e. The number of rotatable bonds is 7. The van der Waals surface area contributed by atoms with E-state index in [0.717, 1.165) is 36.8 Å². The number of benzene rings is 1. The van der Waals surface area contributed by atoms with Gasteiger partial charge in [0.25, 0.3) is 5.69 Å². The molecule has 0 radical (unpaired) electrons. The molecule has 1 aromatic carbocycles. The third-order valence-electron chi connectivity index (χ3n) is 5.13. The van der Waals surface area contributed by atoms with Gasteiger partial charge >= 0.3 is 0 Å². The van der Waals surface area contributed by atoms with E-state index in [-0.39, 0.29) is 10.6 Å². The van der Waals surface area contributed by atoms with Gasteiger partial charge < -0.3 is 5.32 Å². The molecule has 0 bridgehead atoms. The van der Waals surface area contributed by atoms with Gasteiger partial charge in [-0.15, -0.1) is 0 Å². The second-order valence-electron chi connectivity index (χ2n) is 6.64. The van der Waals surface area contributed by atoms with Crippen LogP contribution in [0.25, 0.3) is 0 Å². The molecule has 4 heteroatoms. The van der Waals surface area contributed by atoms with Gasteiger partial charge in [-0.25, -0.2) is 0 Å². The summed E-state index contributed by atoms with van der Waals surface area (Å²) in [5, 5.41) is 14.8. The van der Waals surface area contributed by atoms with Crippen LogP contribution in [-0.2, 0) is 6.42 Å². The summed E-state index contributed by atoms with van der Waals surface area (Å²) in [4.78, 5) is 10.9. The first-order valence-corrected chi connectivity index (χ1v) is 8.14. The Morgan fingerprint density at radius 1 is 1.29 bits per heavy atom. The van der Waals surface area contributed by atoms with Crippen LogP contribution in [0.1, 0.15) is 38.2 Å². The molecule has 1 aromatic rings. The molecule has 1 N–H and O–H groups in total. The van der Waals surface area contributed by atoms with Crippen molar-refractivity contribution in [2.75, 3.05) is 6.54 Å². The molecule has 0 aromatic heterocycles. The maximum Gasteiger partial charge on any atom is 0.272 e. The molecule has 0 heterocycles. The highest BCUT2D eigenvalue weighted by molar-refractivity contribution is 5.40. The summed E-state index contributed by atoms with van der Waals surface area (Å²) in [6.07, 6.45) is 5.93. The van der Waals surface area contributed by atoms with Gasteiger partial charge in [0.2, 0.25) is 0 Å². The normalized spacial score (nSPS) is 28.1. The van der Waals surface area contributed by atoms with E-state index in [4.69, 9.17) is 0 Å². The number of hydrogen-bond donors (Lipinski definition) is 1. The molecular weight excluding hydrogens is 264 g/mol. The van der Waals surface area contributed by atoms with Crippen molar-refractivity contribution in [2.45, 2.75) is 45.1 Å². The van der Waals surface area contributed by atoms with Crippen LogP contribution in [0.3, 0.4) is 0 Å². The quantitative estimate of drug-likeness (QED) is 0.616. The van der Waals surface area contributed by atoms with Crippen LogP contribution in [0, 0.1) is 27.9 Å². The summed E-state index contributed by atoms with van der Waals surface area (Å²) in [5.74, 6) is 2.60. The van der Waals surface area contributed by atoms with E-state index in [1.807, 2.05) is 12.1 Å². The van der Waals surface area contributed by atoms with Crippen molar-refractivity contribution in [3.8, 4) is 0 Å². The van der Waals surface area contributed by atoms with E-state index in [1.165, 1.54) is 19.3 Å². The predicted molar refractivity (Wildman–Crippen MR) is 83.2 cm³/mol. The zero-order chi connectivity index (χ0) is 14.8. The number of nitrogens with one attached hydrogen (secondary N) is 1. The minimum absolute atomic E-state index is 0.252. The molecule has 0 aliphatic heterocycles. The standard InChI is InChI=1S/C17H24N2O2/c1-2-7-18-16(15-9-13-8-14(13)10-15)11-12-5-3-4-6-17(12)19(20)21/h3-6,13-16,18H,2,7-11H2,1H3. The van der Waals surface area contributed by atoms with Gasteiger partial charge in [0, 0.05) is 17.7 Å². The van der Waals surface area contributed by atoms with Crippen LogP contribution in [0.5, 0.6) is 0 Å². The van der Waals surface area contributed by atoms with Crippen LogP contribution in [0.15, 0.2) is 24.3 Å². The minimum atomic E-state index is -0.252. The summed E-state index contributed by atoms with van der Waals surface area (Å²) in [6, 6.07) is 7.58. The molecule has 21 heavy (non-hydrogen) atoms. The average molecular weight is 288 g/mol. The Bertz CT molecular complexity index is 507. The van der Waals surface area contributed by atoms with Crippen LogP contribution in [0.2, 0.25) is 0 Å². The molecule has 0 saturated heterocycles. The topological polar surface area (TPSA) is 55.2 Å². The van der Waals surface area contributed by atoms with E-state index in [0.29, 0.717) is 12.0 Å². The Labute approximate surface area is 126 Å². The molecule has 0 spiro atoms. The molecular formula is C17H24N2O2. The number of nitro groups is 1. The van der Waals surface area contributed by atoms with Gasteiger partial charge in [0.1, 0.15) is 0 Å². The Kier molecular flexibility index (Phi) is 4.24. The highest BCUT2D eigenvalue weighted by Gasteiger charge is 2.47. The SMILES string of the molecule is CCCNC(Cc1ccccc1[N+](=O)[O-])C1CC2CC2C1. The molecule has 114 valence electrons. The van der Waals surface area contributed by atoms with Crippen molar-refractivity contribution in [1.29, 1.82) is 0 Å². The second kappa shape index (κ2) is 6.14.